The standard InChI is InChI=1S/C12H9FN2O5S/c1-2-20-12(17)10(16)14-8-6-4-3-5-7(13)9(6)21-11(8)15(18)19/h3-5H,2H2,1H3,(H,14,16). The molecule has 0 saturated carbocycles. The van der Waals surface area contributed by atoms with Crippen LogP contribution >= 0.6 is 11.3 Å². The highest BCUT2D eigenvalue weighted by molar-refractivity contribution is 7.23. The lowest BCUT2D eigenvalue weighted by atomic mass is 10.2. The van der Waals surface area contributed by atoms with Gasteiger partial charge in [-0.1, -0.05) is 23.5 Å². The molecular formula is C12H9FN2O5S. The summed E-state index contributed by atoms with van der Waals surface area (Å²) in [6.45, 7) is 1.51. The van der Waals surface area contributed by atoms with Gasteiger partial charge in [0.25, 0.3) is 0 Å². The molecule has 21 heavy (non-hydrogen) atoms. The van der Waals surface area contributed by atoms with Gasteiger partial charge < -0.3 is 10.1 Å². The van der Waals surface area contributed by atoms with Crippen LogP contribution < -0.4 is 5.32 Å². The summed E-state index contributed by atoms with van der Waals surface area (Å²) >= 11 is 0.585. The first kappa shape index (κ1) is 14.9. The van der Waals surface area contributed by atoms with Gasteiger partial charge in [0.15, 0.2) is 0 Å². The number of anilines is 1. The Morgan fingerprint density at radius 3 is 2.81 bits per heavy atom. The third kappa shape index (κ3) is 2.82. The number of carbonyl (C=O) groups excluding carboxylic acids is 2. The van der Waals surface area contributed by atoms with Crippen LogP contribution in [-0.2, 0) is 14.3 Å². The Bertz CT molecular complexity index is 743. The van der Waals surface area contributed by atoms with Crippen LogP contribution in [0.4, 0.5) is 15.1 Å². The van der Waals surface area contributed by atoms with Crippen molar-refractivity contribution >= 4 is 44.0 Å². The monoisotopic (exact) mass is 312 g/mol. The van der Waals surface area contributed by atoms with E-state index < -0.39 is 27.6 Å². The van der Waals surface area contributed by atoms with Gasteiger partial charge in [-0.3, -0.25) is 14.9 Å². The molecular weight excluding hydrogens is 303 g/mol. The average Bonchev–Trinajstić information content (AvgIpc) is 2.79. The fraction of sp³-hybridized carbons (Fsp3) is 0.167. The predicted molar refractivity (Wildman–Crippen MR) is 73.7 cm³/mol. The second-order valence-electron chi connectivity index (χ2n) is 3.83. The quantitative estimate of drug-likeness (QED) is 0.406. The van der Waals surface area contributed by atoms with Crippen LogP contribution in [0.3, 0.4) is 0 Å². The molecule has 0 unspecified atom stereocenters. The number of halogens is 1. The number of esters is 1. The van der Waals surface area contributed by atoms with Gasteiger partial charge in [-0.15, -0.1) is 0 Å². The topological polar surface area (TPSA) is 98.5 Å². The van der Waals surface area contributed by atoms with E-state index in [1.165, 1.54) is 19.1 Å². The van der Waals surface area contributed by atoms with Crippen molar-refractivity contribution in [2.24, 2.45) is 0 Å². The number of nitro groups is 1. The number of carbonyl (C=O) groups is 2. The Labute approximate surface area is 121 Å². The second-order valence-corrected chi connectivity index (χ2v) is 4.83. The van der Waals surface area contributed by atoms with E-state index in [0.29, 0.717) is 11.3 Å². The van der Waals surface area contributed by atoms with Gasteiger partial charge >= 0.3 is 16.9 Å². The van der Waals surface area contributed by atoms with Gasteiger partial charge in [-0.05, 0) is 13.0 Å². The van der Waals surface area contributed by atoms with Crippen molar-refractivity contribution in [3.63, 3.8) is 0 Å². The number of benzene rings is 1. The Morgan fingerprint density at radius 1 is 1.48 bits per heavy atom. The summed E-state index contributed by atoms with van der Waals surface area (Å²) in [4.78, 5) is 33.1. The highest BCUT2D eigenvalue weighted by Crippen LogP contribution is 2.42. The minimum Gasteiger partial charge on any atom is -0.459 e. The lowest BCUT2D eigenvalue weighted by molar-refractivity contribution is -0.379. The lowest BCUT2D eigenvalue weighted by Crippen LogP contribution is -2.25. The van der Waals surface area contributed by atoms with Crippen molar-refractivity contribution in [2.75, 3.05) is 11.9 Å². The molecule has 0 bridgehead atoms. The van der Waals surface area contributed by atoms with Crippen LogP contribution in [0, 0.1) is 15.9 Å². The van der Waals surface area contributed by atoms with Gasteiger partial charge in [-0.25, -0.2) is 9.18 Å². The zero-order valence-corrected chi connectivity index (χ0v) is 11.5. The summed E-state index contributed by atoms with van der Waals surface area (Å²) < 4.78 is 18.2. The van der Waals surface area contributed by atoms with E-state index in [0.717, 1.165) is 6.07 Å². The first-order valence-electron chi connectivity index (χ1n) is 5.79. The third-order valence-electron chi connectivity index (χ3n) is 2.51. The molecule has 1 aromatic carbocycles. The highest BCUT2D eigenvalue weighted by Gasteiger charge is 2.27. The van der Waals surface area contributed by atoms with Crippen molar-refractivity contribution in [2.45, 2.75) is 6.92 Å². The summed E-state index contributed by atoms with van der Waals surface area (Å²) in [5, 5.41) is 12.8. The maximum atomic E-state index is 13.6. The van der Waals surface area contributed by atoms with Crippen molar-refractivity contribution in [1.82, 2.24) is 0 Å². The fourth-order valence-corrected chi connectivity index (χ4v) is 2.66. The number of hydrogen-bond acceptors (Lipinski definition) is 6. The van der Waals surface area contributed by atoms with Crippen LogP contribution in [0.5, 0.6) is 0 Å². The number of amides is 1. The molecule has 0 radical (unpaired) electrons. The van der Waals surface area contributed by atoms with Gasteiger partial charge in [0.2, 0.25) is 0 Å². The summed E-state index contributed by atoms with van der Waals surface area (Å²) in [6, 6.07) is 3.93. The Balaban J connectivity index is 2.49. The SMILES string of the molecule is CCOC(=O)C(=O)Nc1c([N+](=O)[O-])sc2c(F)cccc12. The molecule has 1 amide bonds. The van der Waals surface area contributed by atoms with Gasteiger partial charge in [-0.2, -0.15) is 0 Å². The van der Waals surface area contributed by atoms with Crippen LogP contribution in [0.25, 0.3) is 10.1 Å². The average molecular weight is 312 g/mol. The summed E-state index contributed by atoms with van der Waals surface area (Å²) in [5.74, 6) is -2.95. The molecule has 7 nitrogen and oxygen atoms in total. The normalized spacial score (nSPS) is 10.4. The molecule has 0 aliphatic heterocycles. The molecule has 1 heterocycles. The van der Waals surface area contributed by atoms with Gasteiger partial charge in [0.1, 0.15) is 11.5 Å². The van der Waals surface area contributed by atoms with Crippen molar-refractivity contribution < 1.29 is 23.6 Å². The minimum atomic E-state index is -1.16. The third-order valence-corrected chi connectivity index (χ3v) is 3.68. The molecule has 2 rings (SSSR count). The first-order chi connectivity index (χ1) is 9.95. The van der Waals surface area contributed by atoms with Crippen molar-refractivity contribution in [1.29, 1.82) is 0 Å². The molecule has 1 aromatic heterocycles. The Morgan fingerprint density at radius 2 is 2.19 bits per heavy atom. The molecule has 0 fully saturated rings. The number of nitrogens with one attached hydrogen (secondary N) is 1. The van der Waals surface area contributed by atoms with Gasteiger partial charge in [0, 0.05) is 5.39 Å². The van der Waals surface area contributed by atoms with Crippen LogP contribution in [0.15, 0.2) is 18.2 Å². The van der Waals surface area contributed by atoms with Gasteiger partial charge in [0.05, 0.1) is 16.2 Å². The van der Waals surface area contributed by atoms with E-state index in [1.54, 1.807) is 0 Å². The zero-order valence-electron chi connectivity index (χ0n) is 10.7. The first-order valence-corrected chi connectivity index (χ1v) is 6.60. The van der Waals surface area contributed by atoms with E-state index in [9.17, 15) is 24.1 Å². The summed E-state index contributed by atoms with van der Waals surface area (Å²) in [6.07, 6.45) is 0. The Kier molecular flexibility index (Phi) is 4.13. The van der Waals surface area contributed by atoms with Crippen LogP contribution in [0.2, 0.25) is 0 Å². The fourth-order valence-electron chi connectivity index (χ4n) is 1.68. The number of ether oxygens (including phenoxy) is 1. The summed E-state index contributed by atoms with van der Waals surface area (Å²) in [7, 11) is 0. The van der Waals surface area contributed by atoms with Crippen molar-refractivity contribution in [3.05, 3.63) is 34.1 Å². The predicted octanol–water partition coefficient (Wildman–Crippen LogP) is 2.45. The molecule has 110 valence electrons. The number of hydrogen-bond donors (Lipinski definition) is 1. The van der Waals surface area contributed by atoms with E-state index in [4.69, 9.17) is 0 Å². The van der Waals surface area contributed by atoms with E-state index in [2.05, 4.69) is 10.1 Å². The zero-order chi connectivity index (χ0) is 15.6. The van der Waals surface area contributed by atoms with E-state index >= 15 is 0 Å². The molecule has 0 saturated heterocycles. The summed E-state index contributed by atoms with van der Waals surface area (Å²) in [5.41, 5.74) is -0.211. The van der Waals surface area contributed by atoms with E-state index in [1.807, 2.05) is 0 Å². The molecule has 1 N–H and O–H groups in total. The molecule has 2 aromatic rings. The Hall–Kier alpha value is -2.55. The smallest absolute Gasteiger partial charge is 0.397 e. The number of fused-ring (bicyclic) bond motifs is 1. The maximum Gasteiger partial charge on any atom is 0.397 e. The van der Waals surface area contributed by atoms with Crippen molar-refractivity contribution in [3.8, 4) is 0 Å². The molecule has 0 spiro atoms. The molecule has 9 heteroatoms. The molecule has 0 aliphatic carbocycles. The van der Waals surface area contributed by atoms with Crippen LogP contribution in [0.1, 0.15) is 6.92 Å². The second kappa shape index (κ2) is 5.83. The number of thiophene rings is 1. The molecule has 0 atom stereocenters. The largest absolute Gasteiger partial charge is 0.459 e. The number of nitrogens with zero attached hydrogens (tertiary/aromatic N) is 1. The van der Waals surface area contributed by atoms with E-state index in [-0.39, 0.29) is 22.4 Å². The molecule has 0 aliphatic rings. The lowest BCUT2D eigenvalue weighted by Gasteiger charge is -2.03. The minimum absolute atomic E-state index is 0.00659. The highest BCUT2D eigenvalue weighted by atomic mass is 32.1. The number of rotatable bonds is 3. The van der Waals surface area contributed by atoms with Crippen LogP contribution in [-0.4, -0.2) is 23.4 Å². The maximum absolute atomic E-state index is 13.6.